The maximum atomic E-state index is 11.8. The van der Waals surface area contributed by atoms with Crippen molar-refractivity contribution in [2.24, 2.45) is 5.73 Å². The van der Waals surface area contributed by atoms with Gasteiger partial charge < -0.3 is 15.4 Å². The van der Waals surface area contributed by atoms with Crippen LogP contribution in [0.25, 0.3) is 0 Å². The molecular formula is C13H18ClF3N4O2. The molecule has 6 nitrogen and oxygen atoms in total. The van der Waals surface area contributed by atoms with Crippen LogP contribution in [0.15, 0.2) is 12.4 Å². The average Bonchev–Trinajstić information content (AvgIpc) is 2.33. The van der Waals surface area contributed by atoms with Crippen molar-refractivity contribution in [3.8, 4) is 0 Å². The first-order valence-corrected chi connectivity index (χ1v) is 7.04. The Morgan fingerprint density at radius 2 is 1.78 bits per heavy atom. The normalized spacial score (nSPS) is 15.4. The van der Waals surface area contributed by atoms with Gasteiger partial charge in [0.25, 0.3) is 0 Å². The number of amides is 1. The number of aromatic nitrogens is 2. The highest BCUT2D eigenvalue weighted by Gasteiger charge is 2.31. The summed E-state index contributed by atoms with van der Waals surface area (Å²) < 4.78 is 40.5. The summed E-state index contributed by atoms with van der Waals surface area (Å²) in [6.45, 7) is 6.80. The third-order valence-electron chi connectivity index (χ3n) is 2.51. The average molecular weight is 355 g/mol. The van der Waals surface area contributed by atoms with Crippen molar-refractivity contribution < 1.29 is 22.7 Å². The molecule has 0 aliphatic carbocycles. The molecule has 0 spiro atoms. The van der Waals surface area contributed by atoms with Gasteiger partial charge in [0.2, 0.25) is 5.28 Å². The van der Waals surface area contributed by atoms with Crippen molar-refractivity contribution in [2.75, 3.05) is 13.1 Å². The molecule has 1 aromatic rings. The van der Waals surface area contributed by atoms with E-state index in [0.717, 1.165) is 0 Å². The van der Waals surface area contributed by atoms with Crippen molar-refractivity contribution in [3.05, 3.63) is 23.2 Å². The van der Waals surface area contributed by atoms with Crippen LogP contribution >= 0.6 is 11.6 Å². The highest BCUT2D eigenvalue weighted by atomic mass is 35.5. The first-order chi connectivity index (χ1) is 10.4. The fourth-order valence-corrected chi connectivity index (χ4v) is 1.54. The molecule has 2 N–H and O–H groups in total. The Balaban J connectivity index is 0.000000231. The molecular weight excluding hydrogens is 337 g/mol. The van der Waals surface area contributed by atoms with Gasteiger partial charge in [-0.1, -0.05) is 0 Å². The maximum Gasteiger partial charge on any atom is 0.419 e. The molecule has 1 saturated heterocycles. The molecule has 23 heavy (non-hydrogen) atoms. The SMILES string of the molecule is CC(C)(C)OC(=O)N1CC(N)C1.FC(F)(F)c1cnc(Cl)nc1. The van der Waals surface area contributed by atoms with E-state index in [9.17, 15) is 18.0 Å². The summed E-state index contributed by atoms with van der Waals surface area (Å²) in [4.78, 5) is 19.2. The van der Waals surface area contributed by atoms with E-state index in [0.29, 0.717) is 25.5 Å². The molecule has 0 atom stereocenters. The molecule has 1 amide bonds. The van der Waals surface area contributed by atoms with Gasteiger partial charge in [-0.05, 0) is 32.4 Å². The zero-order chi connectivity index (χ0) is 17.8. The molecule has 10 heteroatoms. The van der Waals surface area contributed by atoms with Crippen molar-refractivity contribution in [1.82, 2.24) is 14.9 Å². The van der Waals surface area contributed by atoms with Crippen LogP contribution in [0, 0.1) is 0 Å². The summed E-state index contributed by atoms with van der Waals surface area (Å²) in [5.74, 6) is 0. The summed E-state index contributed by atoms with van der Waals surface area (Å²) in [7, 11) is 0. The van der Waals surface area contributed by atoms with Crippen molar-refractivity contribution in [2.45, 2.75) is 38.6 Å². The van der Waals surface area contributed by atoms with Gasteiger partial charge in [0.15, 0.2) is 0 Å². The zero-order valence-electron chi connectivity index (χ0n) is 12.9. The van der Waals surface area contributed by atoms with Gasteiger partial charge in [-0.3, -0.25) is 0 Å². The molecule has 130 valence electrons. The Hall–Kier alpha value is -1.61. The van der Waals surface area contributed by atoms with E-state index >= 15 is 0 Å². The first-order valence-electron chi connectivity index (χ1n) is 6.67. The number of halogens is 4. The molecule has 0 saturated carbocycles. The third kappa shape index (κ3) is 7.00. The number of nitrogens with two attached hydrogens (primary N) is 1. The largest absolute Gasteiger partial charge is 0.444 e. The summed E-state index contributed by atoms with van der Waals surface area (Å²) in [5.41, 5.74) is 4.21. The highest BCUT2D eigenvalue weighted by molar-refractivity contribution is 6.28. The van der Waals surface area contributed by atoms with Crippen molar-refractivity contribution in [1.29, 1.82) is 0 Å². The Labute approximate surface area is 136 Å². The lowest BCUT2D eigenvalue weighted by atomic mass is 10.1. The minimum absolute atomic E-state index is 0.137. The quantitative estimate of drug-likeness (QED) is 0.724. The van der Waals surface area contributed by atoms with Gasteiger partial charge in [-0.25, -0.2) is 14.8 Å². The molecule has 0 bridgehead atoms. The van der Waals surface area contributed by atoms with Gasteiger partial charge in [0.05, 0.1) is 5.56 Å². The smallest absolute Gasteiger partial charge is 0.419 e. The number of rotatable bonds is 0. The zero-order valence-corrected chi connectivity index (χ0v) is 13.6. The van der Waals surface area contributed by atoms with Crippen LogP contribution in [-0.2, 0) is 10.9 Å². The van der Waals surface area contributed by atoms with Gasteiger partial charge in [0.1, 0.15) is 5.60 Å². The van der Waals surface area contributed by atoms with Crippen LogP contribution in [0.1, 0.15) is 26.3 Å². The van der Waals surface area contributed by atoms with E-state index in [4.69, 9.17) is 22.1 Å². The standard InChI is InChI=1S/C8H16N2O2.C5H2ClF3N2/c1-8(2,3)12-7(11)10-4-6(9)5-10;6-4-10-1-3(2-11-4)5(7,8)9/h6H,4-5,9H2,1-3H3;1-2H. The lowest BCUT2D eigenvalue weighted by Crippen LogP contribution is -2.58. The summed E-state index contributed by atoms with van der Waals surface area (Å²) >= 11 is 5.17. The Morgan fingerprint density at radius 3 is 2.13 bits per heavy atom. The molecule has 0 unspecified atom stereocenters. The summed E-state index contributed by atoms with van der Waals surface area (Å²) in [5, 5.41) is -0.196. The van der Waals surface area contributed by atoms with Gasteiger partial charge in [-0.15, -0.1) is 0 Å². The molecule has 1 aliphatic rings. The number of likely N-dealkylation sites (tertiary alicyclic amines) is 1. The summed E-state index contributed by atoms with van der Waals surface area (Å²) in [6, 6.07) is 0.137. The lowest BCUT2D eigenvalue weighted by Gasteiger charge is -2.37. The minimum Gasteiger partial charge on any atom is -0.444 e. The third-order valence-corrected chi connectivity index (χ3v) is 2.70. The summed E-state index contributed by atoms with van der Waals surface area (Å²) in [6.07, 6.45) is -3.39. The Morgan fingerprint density at radius 1 is 1.30 bits per heavy atom. The number of carbonyl (C=O) groups is 1. The van der Waals surface area contributed by atoms with E-state index in [2.05, 4.69) is 9.97 Å². The van der Waals surface area contributed by atoms with Crippen molar-refractivity contribution >= 4 is 17.7 Å². The van der Waals surface area contributed by atoms with E-state index in [1.54, 1.807) is 4.90 Å². The fourth-order valence-electron chi connectivity index (χ4n) is 1.45. The highest BCUT2D eigenvalue weighted by Crippen LogP contribution is 2.27. The number of ether oxygens (including phenoxy) is 1. The van der Waals surface area contributed by atoms with Gasteiger partial charge in [0, 0.05) is 31.5 Å². The number of carbonyl (C=O) groups excluding carboxylic acids is 1. The number of hydrogen-bond acceptors (Lipinski definition) is 5. The van der Waals surface area contributed by atoms with E-state index in [1.165, 1.54) is 0 Å². The Bertz CT molecular complexity index is 526. The fraction of sp³-hybridized carbons (Fsp3) is 0.615. The van der Waals surface area contributed by atoms with Crippen LogP contribution in [0.5, 0.6) is 0 Å². The molecule has 0 radical (unpaired) electrons. The second kappa shape index (κ2) is 7.31. The topological polar surface area (TPSA) is 81.3 Å². The minimum atomic E-state index is -4.40. The van der Waals surface area contributed by atoms with Gasteiger partial charge >= 0.3 is 12.3 Å². The lowest BCUT2D eigenvalue weighted by molar-refractivity contribution is -0.138. The molecule has 2 rings (SSSR count). The van der Waals surface area contributed by atoms with Crippen LogP contribution in [-0.4, -0.2) is 45.7 Å². The molecule has 1 aromatic heterocycles. The van der Waals surface area contributed by atoms with E-state index in [-0.39, 0.29) is 17.4 Å². The van der Waals surface area contributed by atoms with Crippen LogP contribution in [0.3, 0.4) is 0 Å². The molecule has 0 aromatic carbocycles. The van der Waals surface area contributed by atoms with Crippen LogP contribution < -0.4 is 5.73 Å². The van der Waals surface area contributed by atoms with E-state index in [1.807, 2.05) is 20.8 Å². The van der Waals surface area contributed by atoms with Gasteiger partial charge in [-0.2, -0.15) is 13.2 Å². The van der Waals surface area contributed by atoms with E-state index < -0.39 is 17.3 Å². The predicted molar refractivity (Wildman–Crippen MR) is 77.8 cm³/mol. The second-order valence-electron chi connectivity index (χ2n) is 5.88. The van der Waals surface area contributed by atoms with Crippen molar-refractivity contribution in [3.63, 3.8) is 0 Å². The molecule has 2 heterocycles. The molecule has 1 fully saturated rings. The maximum absolute atomic E-state index is 11.8. The Kier molecular flexibility index (Phi) is 6.18. The van der Waals surface area contributed by atoms with Crippen LogP contribution in [0.4, 0.5) is 18.0 Å². The monoisotopic (exact) mass is 354 g/mol. The number of alkyl halides is 3. The predicted octanol–water partition coefficient (Wildman–Crippen LogP) is 2.71. The second-order valence-corrected chi connectivity index (χ2v) is 6.22. The van der Waals surface area contributed by atoms with Crippen LogP contribution in [0.2, 0.25) is 5.28 Å². The number of nitrogens with zero attached hydrogens (tertiary/aromatic N) is 3. The first kappa shape index (κ1) is 19.4. The molecule has 1 aliphatic heterocycles. The number of hydrogen-bond donors (Lipinski definition) is 1.